The predicted molar refractivity (Wildman–Crippen MR) is 138 cm³/mol. The van der Waals surface area contributed by atoms with Crippen molar-refractivity contribution in [1.82, 2.24) is 10.2 Å². The molecule has 0 saturated heterocycles. The lowest BCUT2D eigenvalue weighted by Crippen LogP contribution is -2.40. The van der Waals surface area contributed by atoms with Crippen molar-refractivity contribution < 1.29 is 18.4 Å². The molecular weight excluding hydrogens is 474 g/mol. The largest absolute Gasteiger partial charge is 0.351 e. The van der Waals surface area contributed by atoms with E-state index in [-0.39, 0.29) is 31.3 Å². The zero-order valence-corrected chi connectivity index (χ0v) is 21.4. The van der Waals surface area contributed by atoms with Crippen molar-refractivity contribution in [1.29, 1.82) is 5.26 Å². The second-order valence-corrected chi connectivity index (χ2v) is 9.46. The highest BCUT2D eigenvalue weighted by Crippen LogP contribution is 2.36. The van der Waals surface area contributed by atoms with E-state index in [2.05, 4.69) is 17.5 Å². The Bertz CT molecular complexity index is 1200. The monoisotopic (exact) mass is 508 g/mol. The fourth-order valence-electron chi connectivity index (χ4n) is 5.02. The number of benzene rings is 2. The van der Waals surface area contributed by atoms with Gasteiger partial charge in [-0.3, -0.25) is 9.59 Å². The maximum absolute atomic E-state index is 13.5. The molecule has 2 amide bonds. The number of rotatable bonds is 5. The van der Waals surface area contributed by atoms with Gasteiger partial charge in [0.05, 0.1) is 11.6 Å². The Labute approximate surface area is 217 Å². The number of carbonyl (C=O) groups is 2. The van der Waals surface area contributed by atoms with Crippen LogP contribution in [0, 0.1) is 23.0 Å². The maximum Gasteiger partial charge on any atom is 0.249 e. The molecule has 196 valence electrons. The van der Waals surface area contributed by atoms with Gasteiger partial charge in [0.1, 0.15) is 0 Å². The summed E-state index contributed by atoms with van der Waals surface area (Å²) in [7, 11) is 1.58. The summed E-state index contributed by atoms with van der Waals surface area (Å²) in [6.45, 7) is 2.22. The van der Waals surface area contributed by atoms with Crippen molar-refractivity contribution >= 4 is 11.8 Å². The van der Waals surface area contributed by atoms with E-state index in [1.807, 2.05) is 18.2 Å². The standard InChI is InChI=1S/C16H19F2N3O2.C13H15N/c1-9-15(16(23)20-6-5-19)11(8-14(22)21(9)2)10-3-4-12(17)13(18)7-10;14-10-12-8-4-5-9-13(12)11-6-2-1-3-7-11/h3-4,7,11H,5-6,8,19H2,1-2H3,(H,20,23);4-5,8-9,11H,1-3,6-7H2/t11-;/m1./s1. The molecule has 1 aliphatic heterocycles. The molecule has 37 heavy (non-hydrogen) atoms. The number of nitrogens with zero attached hydrogens (tertiary/aromatic N) is 2. The van der Waals surface area contributed by atoms with E-state index >= 15 is 0 Å². The average Bonchev–Trinajstić information content (AvgIpc) is 2.92. The molecule has 0 unspecified atom stereocenters. The van der Waals surface area contributed by atoms with Gasteiger partial charge in [-0.05, 0) is 55.0 Å². The predicted octanol–water partition coefficient (Wildman–Crippen LogP) is 4.87. The minimum Gasteiger partial charge on any atom is -0.351 e. The number of hydrogen-bond acceptors (Lipinski definition) is 4. The lowest BCUT2D eigenvalue weighted by molar-refractivity contribution is -0.129. The van der Waals surface area contributed by atoms with Crippen LogP contribution in [0.2, 0.25) is 0 Å². The molecule has 0 radical (unpaired) electrons. The first-order valence-electron chi connectivity index (χ1n) is 12.7. The molecule has 0 bridgehead atoms. The minimum atomic E-state index is -1.01. The van der Waals surface area contributed by atoms with Gasteiger partial charge in [-0.25, -0.2) is 8.78 Å². The number of amides is 2. The Hall–Kier alpha value is -3.57. The maximum atomic E-state index is 13.5. The molecule has 1 saturated carbocycles. The van der Waals surface area contributed by atoms with Crippen LogP contribution in [0.4, 0.5) is 8.78 Å². The highest BCUT2D eigenvalue weighted by Gasteiger charge is 2.34. The zero-order chi connectivity index (χ0) is 26.9. The van der Waals surface area contributed by atoms with Crippen molar-refractivity contribution in [3.8, 4) is 6.07 Å². The van der Waals surface area contributed by atoms with E-state index in [1.54, 1.807) is 14.0 Å². The number of nitrogens with one attached hydrogen (secondary N) is 1. The summed E-state index contributed by atoms with van der Waals surface area (Å²) >= 11 is 0. The van der Waals surface area contributed by atoms with Gasteiger partial charge in [0.15, 0.2) is 11.6 Å². The summed E-state index contributed by atoms with van der Waals surface area (Å²) in [4.78, 5) is 25.9. The van der Waals surface area contributed by atoms with Crippen LogP contribution in [0.25, 0.3) is 0 Å². The SMILES string of the molecule is CC1=C(C(=O)NCCN)[C@@H](c2ccc(F)c(F)c2)CC(=O)N1C.N#Cc1ccccc1C1CCCCC1. The van der Waals surface area contributed by atoms with E-state index < -0.39 is 17.6 Å². The van der Waals surface area contributed by atoms with Crippen LogP contribution in [0.3, 0.4) is 0 Å². The second-order valence-electron chi connectivity index (χ2n) is 9.46. The minimum absolute atomic E-state index is 0.0181. The van der Waals surface area contributed by atoms with Crippen molar-refractivity contribution in [2.24, 2.45) is 5.73 Å². The zero-order valence-electron chi connectivity index (χ0n) is 21.4. The van der Waals surface area contributed by atoms with Crippen LogP contribution in [0.15, 0.2) is 53.7 Å². The van der Waals surface area contributed by atoms with E-state index in [0.717, 1.165) is 17.7 Å². The molecule has 2 aromatic carbocycles. The summed E-state index contributed by atoms with van der Waals surface area (Å²) in [6.07, 6.45) is 6.56. The normalized spacial score (nSPS) is 18.1. The molecule has 2 aromatic rings. The Morgan fingerprint density at radius 3 is 2.49 bits per heavy atom. The molecule has 1 aliphatic carbocycles. The van der Waals surface area contributed by atoms with Crippen molar-refractivity contribution in [3.63, 3.8) is 0 Å². The van der Waals surface area contributed by atoms with E-state index in [9.17, 15) is 18.4 Å². The van der Waals surface area contributed by atoms with E-state index in [0.29, 0.717) is 22.8 Å². The number of hydrogen-bond donors (Lipinski definition) is 2. The van der Waals surface area contributed by atoms with Crippen LogP contribution in [0.1, 0.15) is 74.0 Å². The quantitative estimate of drug-likeness (QED) is 0.602. The molecule has 0 spiro atoms. The molecular formula is C29H34F2N4O2. The molecule has 1 atom stereocenters. The number of allylic oxidation sites excluding steroid dienone is 1. The van der Waals surface area contributed by atoms with Gasteiger partial charge in [0, 0.05) is 43.7 Å². The molecule has 1 fully saturated rings. The highest BCUT2D eigenvalue weighted by molar-refractivity contribution is 5.99. The Kier molecular flexibility index (Phi) is 9.93. The lowest BCUT2D eigenvalue weighted by Gasteiger charge is -2.32. The molecule has 0 aromatic heterocycles. The Morgan fingerprint density at radius 1 is 1.14 bits per heavy atom. The lowest BCUT2D eigenvalue weighted by atomic mass is 9.82. The molecule has 8 heteroatoms. The number of nitriles is 1. The summed E-state index contributed by atoms with van der Waals surface area (Å²) in [5, 5.41) is 11.7. The number of nitrogens with two attached hydrogens (primary N) is 1. The van der Waals surface area contributed by atoms with Gasteiger partial charge in [-0.1, -0.05) is 43.5 Å². The van der Waals surface area contributed by atoms with Gasteiger partial charge in [0.25, 0.3) is 0 Å². The average molecular weight is 509 g/mol. The van der Waals surface area contributed by atoms with Gasteiger partial charge >= 0.3 is 0 Å². The first-order valence-corrected chi connectivity index (χ1v) is 12.7. The van der Waals surface area contributed by atoms with Crippen molar-refractivity contribution in [3.05, 3.63) is 82.1 Å². The van der Waals surface area contributed by atoms with Crippen molar-refractivity contribution in [2.45, 2.75) is 57.3 Å². The first kappa shape index (κ1) is 28.0. The molecule has 4 rings (SSSR count). The third-order valence-electron chi connectivity index (χ3n) is 7.14. The third-order valence-corrected chi connectivity index (χ3v) is 7.14. The molecule has 2 aliphatic rings. The Morgan fingerprint density at radius 2 is 1.84 bits per heavy atom. The van der Waals surface area contributed by atoms with Crippen molar-refractivity contribution in [2.75, 3.05) is 20.1 Å². The fourth-order valence-corrected chi connectivity index (χ4v) is 5.02. The van der Waals surface area contributed by atoms with Crippen LogP contribution in [-0.2, 0) is 9.59 Å². The van der Waals surface area contributed by atoms with Gasteiger partial charge in [-0.15, -0.1) is 0 Å². The van der Waals surface area contributed by atoms with E-state index in [4.69, 9.17) is 11.0 Å². The smallest absolute Gasteiger partial charge is 0.249 e. The topological polar surface area (TPSA) is 99.2 Å². The van der Waals surface area contributed by atoms with Crippen LogP contribution < -0.4 is 11.1 Å². The van der Waals surface area contributed by atoms with Crippen LogP contribution >= 0.6 is 0 Å². The first-order chi connectivity index (χ1) is 17.8. The Balaban J connectivity index is 0.000000231. The fraction of sp³-hybridized carbons (Fsp3) is 0.414. The van der Waals surface area contributed by atoms with Gasteiger partial charge in [-0.2, -0.15) is 5.26 Å². The van der Waals surface area contributed by atoms with Gasteiger partial charge in [0.2, 0.25) is 11.8 Å². The second kappa shape index (κ2) is 13.1. The third kappa shape index (κ3) is 6.80. The number of halogens is 2. The molecule has 6 nitrogen and oxygen atoms in total. The molecule has 1 heterocycles. The van der Waals surface area contributed by atoms with Crippen LogP contribution in [0.5, 0.6) is 0 Å². The summed E-state index contributed by atoms with van der Waals surface area (Å²) in [5.74, 6) is -2.50. The summed E-state index contributed by atoms with van der Waals surface area (Å²) in [6, 6.07) is 13.8. The van der Waals surface area contributed by atoms with Gasteiger partial charge < -0.3 is 16.0 Å². The number of carbonyl (C=O) groups excluding carboxylic acids is 2. The summed E-state index contributed by atoms with van der Waals surface area (Å²) < 4.78 is 26.7. The highest BCUT2D eigenvalue weighted by atomic mass is 19.2. The molecule has 3 N–H and O–H groups in total. The summed E-state index contributed by atoms with van der Waals surface area (Å²) in [5.41, 5.74) is 8.78. The van der Waals surface area contributed by atoms with E-state index in [1.165, 1.54) is 48.6 Å². The van der Waals surface area contributed by atoms with Crippen LogP contribution in [-0.4, -0.2) is 36.9 Å².